The van der Waals surface area contributed by atoms with Gasteiger partial charge in [-0.1, -0.05) is 97.8 Å². The van der Waals surface area contributed by atoms with Gasteiger partial charge in [-0.15, -0.1) is 12.4 Å². The number of hydrogen-bond acceptors (Lipinski definition) is 2. The average molecular weight is 350 g/mol. The van der Waals surface area contributed by atoms with Gasteiger partial charge in [-0.05, 0) is 19.3 Å². The second-order valence-corrected chi connectivity index (χ2v) is 6.90. The van der Waals surface area contributed by atoms with Gasteiger partial charge in [0.2, 0.25) is 0 Å². The molecule has 0 bridgehead atoms. The lowest BCUT2D eigenvalue weighted by Crippen LogP contribution is -2.37. The van der Waals surface area contributed by atoms with E-state index in [1.165, 1.54) is 89.9 Å². The summed E-state index contributed by atoms with van der Waals surface area (Å²) >= 11 is 0. The highest BCUT2D eigenvalue weighted by Crippen LogP contribution is 2.15. The molecule has 23 heavy (non-hydrogen) atoms. The van der Waals surface area contributed by atoms with Crippen LogP contribution in [0, 0.1) is 0 Å². The molecular formula is C20H44ClNO. The first-order valence-corrected chi connectivity index (χ1v) is 10.2. The van der Waals surface area contributed by atoms with E-state index in [9.17, 15) is 5.11 Å². The Balaban J connectivity index is 0. The van der Waals surface area contributed by atoms with Gasteiger partial charge in [-0.2, -0.15) is 0 Å². The molecule has 0 amide bonds. The number of nitrogens with one attached hydrogen (secondary N) is 1. The lowest BCUT2D eigenvalue weighted by Gasteiger charge is -2.22. The van der Waals surface area contributed by atoms with E-state index in [1.54, 1.807) is 0 Å². The Morgan fingerprint density at radius 3 is 1.43 bits per heavy atom. The molecule has 0 saturated carbocycles. The van der Waals surface area contributed by atoms with Crippen molar-refractivity contribution in [1.82, 2.24) is 5.32 Å². The summed E-state index contributed by atoms with van der Waals surface area (Å²) in [6.07, 6.45) is 19.3. The lowest BCUT2D eigenvalue weighted by molar-refractivity contribution is 0.113. The molecule has 0 aliphatic heterocycles. The van der Waals surface area contributed by atoms with Crippen molar-refractivity contribution in [2.45, 2.75) is 129 Å². The Labute approximate surface area is 152 Å². The largest absolute Gasteiger partial charge is 0.379 e. The summed E-state index contributed by atoms with van der Waals surface area (Å²) in [7, 11) is 0. The molecule has 0 aliphatic carbocycles. The highest BCUT2D eigenvalue weighted by molar-refractivity contribution is 5.85. The summed E-state index contributed by atoms with van der Waals surface area (Å²) in [4.78, 5) is 0. The first-order chi connectivity index (χ1) is 10.7. The fourth-order valence-electron chi connectivity index (χ4n) is 3.04. The summed E-state index contributed by atoms with van der Waals surface area (Å²) in [5.74, 6) is 0. The third-order valence-corrected chi connectivity index (χ3v) is 4.63. The van der Waals surface area contributed by atoms with Crippen LogP contribution in [0.5, 0.6) is 0 Å². The van der Waals surface area contributed by atoms with E-state index in [1.807, 2.05) is 6.92 Å². The standard InChI is InChI=1S/C20H43NO.ClH/c1-4-7-9-11-13-15-17-19(21-20(22)6-3)18-16-14-12-10-8-5-2;/h19-22H,4-18H2,1-3H3;1H. The van der Waals surface area contributed by atoms with E-state index in [0.29, 0.717) is 6.04 Å². The van der Waals surface area contributed by atoms with Gasteiger partial charge >= 0.3 is 0 Å². The van der Waals surface area contributed by atoms with Gasteiger partial charge in [-0.3, -0.25) is 5.32 Å². The summed E-state index contributed by atoms with van der Waals surface area (Å²) in [5.41, 5.74) is 0. The van der Waals surface area contributed by atoms with Crippen LogP contribution in [-0.2, 0) is 0 Å². The third-order valence-electron chi connectivity index (χ3n) is 4.63. The monoisotopic (exact) mass is 349 g/mol. The molecule has 2 N–H and O–H groups in total. The van der Waals surface area contributed by atoms with Crippen LogP contribution in [0.3, 0.4) is 0 Å². The second kappa shape index (κ2) is 20.3. The van der Waals surface area contributed by atoms with E-state index in [4.69, 9.17) is 0 Å². The summed E-state index contributed by atoms with van der Waals surface area (Å²) < 4.78 is 0. The van der Waals surface area contributed by atoms with Gasteiger partial charge in [0.1, 0.15) is 6.23 Å². The maximum Gasteiger partial charge on any atom is 0.104 e. The van der Waals surface area contributed by atoms with Crippen molar-refractivity contribution < 1.29 is 5.11 Å². The Bertz CT molecular complexity index is 198. The molecule has 2 nitrogen and oxygen atoms in total. The Hall–Kier alpha value is 0.210. The molecule has 1 unspecified atom stereocenters. The molecule has 142 valence electrons. The van der Waals surface area contributed by atoms with Crippen molar-refractivity contribution in [3.63, 3.8) is 0 Å². The molecule has 0 radical (unpaired) electrons. The van der Waals surface area contributed by atoms with Crippen LogP contribution in [0.2, 0.25) is 0 Å². The lowest BCUT2D eigenvalue weighted by atomic mass is 10.00. The summed E-state index contributed by atoms with van der Waals surface area (Å²) in [5, 5.41) is 13.3. The Morgan fingerprint density at radius 1 is 0.652 bits per heavy atom. The maximum absolute atomic E-state index is 9.86. The molecule has 0 fully saturated rings. The molecule has 1 atom stereocenters. The van der Waals surface area contributed by atoms with Crippen LogP contribution < -0.4 is 5.32 Å². The number of rotatable bonds is 17. The maximum atomic E-state index is 9.86. The van der Waals surface area contributed by atoms with Crippen molar-refractivity contribution in [3.8, 4) is 0 Å². The van der Waals surface area contributed by atoms with Crippen molar-refractivity contribution in [3.05, 3.63) is 0 Å². The topological polar surface area (TPSA) is 32.3 Å². The Kier molecular flexibility index (Phi) is 22.4. The quantitative estimate of drug-likeness (QED) is 0.229. The van der Waals surface area contributed by atoms with Crippen molar-refractivity contribution >= 4 is 12.4 Å². The zero-order valence-electron chi connectivity index (χ0n) is 16.1. The van der Waals surface area contributed by atoms with Gasteiger partial charge in [0.05, 0.1) is 0 Å². The minimum atomic E-state index is -0.315. The predicted octanol–water partition coefficient (Wildman–Crippen LogP) is 6.60. The number of aliphatic hydroxyl groups is 1. The summed E-state index contributed by atoms with van der Waals surface area (Å²) in [6.45, 7) is 6.59. The number of aliphatic hydroxyl groups excluding tert-OH is 1. The van der Waals surface area contributed by atoms with Crippen molar-refractivity contribution in [2.75, 3.05) is 0 Å². The normalized spacial score (nSPS) is 12.4. The molecule has 0 aromatic carbocycles. The summed E-state index contributed by atoms with van der Waals surface area (Å²) in [6, 6.07) is 0.521. The van der Waals surface area contributed by atoms with Gasteiger partial charge in [0, 0.05) is 6.04 Å². The van der Waals surface area contributed by atoms with E-state index in [0.717, 1.165) is 6.42 Å². The van der Waals surface area contributed by atoms with Crippen LogP contribution in [0.4, 0.5) is 0 Å². The van der Waals surface area contributed by atoms with Gasteiger partial charge < -0.3 is 5.11 Å². The predicted molar refractivity (Wildman–Crippen MR) is 106 cm³/mol. The SMILES string of the molecule is CCCCCCCCC(CCCCCCCC)NC(O)CC.Cl. The van der Waals surface area contributed by atoms with Crippen LogP contribution in [-0.4, -0.2) is 17.4 Å². The molecule has 0 aromatic rings. The van der Waals surface area contributed by atoms with Crippen LogP contribution >= 0.6 is 12.4 Å². The average Bonchev–Trinajstić information content (AvgIpc) is 2.53. The van der Waals surface area contributed by atoms with E-state index in [-0.39, 0.29) is 18.6 Å². The third kappa shape index (κ3) is 18.4. The smallest absolute Gasteiger partial charge is 0.104 e. The molecular weight excluding hydrogens is 306 g/mol. The molecule has 0 aliphatic rings. The molecule has 0 rings (SSSR count). The minimum absolute atomic E-state index is 0. The molecule has 0 heterocycles. The first kappa shape index (κ1) is 25.5. The molecule has 3 heteroatoms. The highest BCUT2D eigenvalue weighted by Gasteiger charge is 2.11. The van der Waals surface area contributed by atoms with Crippen molar-refractivity contribution in [2.24, 2.45) is 0 Å². The van der Waals surface area contributed by atoms with E-state index < -0.39 is 0 Å². The number of unbranched alkanes of at least 4 members (excludes halogenated alkanes) is 10. The van der Waals surface area contributed by atoms with Gasteiger partial charge in [-0.25, -0.2) is 0 Å². The molecule has 0 aromatic heterocycles. The zero-order chi connectivity index (χ0) is 16.5. The van der Waals surface area contributed by atoms with Gasteiger partial charge in [0.25, 0.3) is 0 Å². The van der Waals surface area contributed by atoms with E-state index >= 15 is 0 Å². The fraction of sp³-hybridized carbons (Fsp3) is 1.00. The second-order valence-electron chi connectivity index (χ2n) is 6.90. The minimum Gasteiger partial charge on any atom is -0.379 e. The zero-order valence-corrected chi connectivity index (χ0v) is 16.9. The van der Waals surface area contributed by atoms with Crippen LogP contribution in [0.1, 0.15) is 117 Å². The Morgan fingerprint density at radius 2 is 1.04 bits per heavy atom. The number of hydrogen-bond donors (Lipinski definition) is 2. The molecule has 0 spiro atoms. The number of halogens is 1. The molecule has 0 saturated heterocycles. The van der Waals surface area contributed by atoms with E-state index in [2.05, 4.69) is 19.2 Å². The van der Waals surface area contributed by atoms with Gasteiger partial charge in [0.15, 0.2) is 0 Å². The van der Waals surface area contributed by atoms with Crippen LogP contribution in [0.15, 0.2) is 0 Å². The highest BCUT2D eigenvalue weighted by atomic mass is 35.5. The van der Waals surface area contributed by atoms with Crippen molar-refractivity contribution in [1.29, 1.82) is 0 Å². The van der Waals surface area contributed by atoms with Crippen LogP contribution in [0.25, 0.3) is 0 Å². The fourth-order valence-corrected chi connectivity index (χ4v) is 3.04. The first-order valence-electron chi connectivity index (χ1n) is 10.2.